The molecule has 0 atom stereocenters. The Morgan fingerprint density at radius 3 is 2.59 bits per heavy atom. The van der Waals surface area contributed by atoms with Gasteiger partial charge in [0.1, 0.15) is 11.6 Å². The van der Waals surface area contributed by atoms with Crippen molar-refractivity contribution in [3.8, 4) is 5.75 Å². The van der Waals surface area contributed by atoms with Gasteiger partial charge >= 0.3 is 0 Å². The molecule has 0 saturated carbocycles. The maximum Gasteiger partial charge on any atom is 0.229 e. The summed E-state index contributed by atoms with van der Waals surface area (Å²) in [4.78, 5) is 14.3. The SMILES string of the molecule is CN(C)c1nc(N)nc(CSCCOc2ccc(Cl)cc2)n1. The van der Waals surface area contributed by atoms with Gasteiger partial charge in [-0.15, -0.1) is 0 Å². The highest BCUT2D eigenvalue weighted by Gasteiger charge is 2.06. The Bertz CT molecular complexity index is 609. The molecular formula is C14H18ClN5OS. The maximum absolute atomic E-state index is 5.82. The van der Waals surface area contributed by atoms with Gasteiger partial charge in [0, 0.05) is 24.9 Å². The number of nitrogens with zero attached hydrogens (tertiary/aromatic N) is 4. The summed E-state index contributed by atoms with van der Waals surface area (Å²) in [5, 5.41) is 0.700. The highest BCUT2D eigenvalue weighted by molar-refractivity contribution is 7.98. The summed E-state index contributed by atoms with van der Waals surface area (Å²) in [6, 6.07) is 7.31. The van der Waals surface area contributed by atoms with Crippen molar-refractivity contribution < 1.29 is 4.74 Å². The molecule has 1 aromatic heterocycles. The number of aromatic nitrogens is 3. The molecule has 0 saturated heterocycles. The molecule has 8 heteroatoms. The average molecular weight is 340 g/mol. The predicted octanol–water partition coefficient (Wildman–Crippen LogP) is 2.49. The second-order valence-corrected chi connectivity index (χ2v) is 6.20. The highest BCUT2D eigenvalue weighted by atomic mass is 35.5. The minimum atomic E-state index is 0.242. The molecule has 6 nitrogen and oxygen atoms in total. The number of halogens is 1. The summed E-state index contributed by atoms with van der Waals surface area (Å²) < 4.78 is 5.62. The van der Waals surface area contributed by atoms with Crippen molar-refractivity contribution in [1.29, 1.82) is 0 Å². The van der Waals surface area contributed by atoms with Gasteiger partial charge in [0.15, 0.2) is 0 Å². The van der Waals surface area contributed by atoms with Crippen LogP contribution in [0, 0.1) is 0 Å². The number of thioether (sulfide) groups is 1. The van der Waals surface area contributed by atoms with Gasteiger partial charge in [0.25, 0.3) is 0 Å². The molecule has 2 aromatic rings. The number of ether oxygens (including phenoxy) is 1. The van der Waals surface area contributed by atoms with Crippen LogP contribution in [0.15, 0.2) is 24.3 Å². The smallest absolute Gasteiger partial charge is 0.229 e. The van der Waals surface area contributed by atoms with E-state index in [0.29, 0.717) is 29.2 Å². The van der Waals surface area contributed by atoms with Crippen molar-refractivity contribution in [2.75, 3.05) is 37.1 Å². The van der Waals surface area contributed by atoms with Gasteiger partial charge < -0.3 is 15.4 Å². The van der Waals surface area contributed by atoms with Gasteiger partial charge in [-0.3, -0.25) is 0 Å². The first kappa shape index (κ1) is 16.6. The van der Waals surface area contributed by atoms with Gasteiger partial charge in [0.2, 0.25) is 11.9 Å². The largest absolute Gasteiger partial charge is 0.493 e. The molecule has 118 valence electrons. The van der Waals surface area contributed by atoms with Crippen LogP contribution in [0.3, 0.4) is 0 Å². The quantitative estimate of drug-likeness (QED) is 0.776. The van der Waals surface area contributed by atoms with Gasteiger partial charge in [0.05, 0.1) is 12.4 Å². The number of hydrogen-bond donors (Lipinski definition) is 1. The van der Waals surface area contributed by atoms with Crippen LogP contribution in [0.5, 0.6) is 5.75 Å². The lowest BCUT2D eigenvalue weighted by molar-refractivity contribution is 0.344. The van der Waals surface area contributed by atoms with Gasteiger partial charge in [-0.25, -0.2) is 0 Å². The number of benzene rings is 1. The van der Waals surface area contributed by atoms with E-state index in [1.807, 2.05) is 26.2 Å². The molecule has 0 aliphatic heterocycles. The topological polar surface area (TPSA) is 77.2 Å². The van der Waals surface area contributed by atoms with E-state index >= 15 is 0 Å². The Kier molecular flexibility index (Phi) is 6.09. The van der Waals surface area contributed by atoms with Crippen LogP contribution >= 0.6 is 23.4 Å². The van der Waals surface area contributed by atoms with E-state index < -0.39 is 0 Å². The third-order valence-electron chi connectivity index (χ3n) is 2.63. The molecule has 0 spiro atoms. The second kappa shape index (κ2) is 8.05. The van der Waals surface area contributed by atoms with E-state index in [1.54, 1.807) is 28.8 Å². The molecule has 0 amide bonds. The van der Waals surface area contributed by atoms with Gasteiger partial charge in [-0.05, 0) is 24.3 Å². The zero-order valence-corrected chi connectivity index (χ0v) is 14.1. The van der Waals surface area contributed by atoms with E-state index in [-0.39, 0.29) is 5.95 Å². The van der Waals surface area contributed by atoms with Crippen molar-refractivity contribution >= 4 is 35.3 Å². The van der Waals surface area contributed by atoms with Crippen LogP contribution in [0.2, 0.25) is 5.02 Å². The average Bonchev–Trinajstić information content (AvgIpc) is 2.48. The van der Waals surface area contributed by atoms with Gasteiger partial charge in [-0.1, -0.05) is 11.6 Å². The molecular weight excluding hydrogens is 322 g/mol. The normalized spacial score (nSPS) is 10.5. The van der Waals surface area contributed by atoms with E-state index in [2.05, 4.69) is 15.0 Å². The van der Waals surface area contributed by atoms with Crippen LogP contribution in [0.25, 0.3) is 0 Å². The van der Waals surface area contributed by atoms with Crippen molar-refractivity contribution in [2.45, 2.75) is 5.75 Å². The van der Waals surface area contributed by atoms with Crippen LogP contribution in [0.4, 0.5) is 11.9 Å². The van der Waals surface area contributed by atoms with Crippen molar-refractivity contribution in [1.82, 2.24) is 15.0 Å². The van der Waals surface area contributed by atoms with Crippen LogP contribution in [0.1, 0.15) is 5.82 Å². The molecule has 2 rings (SSSR count). The highest BCUT2D eigenvalue weighted by Crippen LogP contribution is 2.16. The van der Waals surface area contributed by atoms with Crippen LogP contribution in [-0.4, -0.2) is 41.4 Å². The van der Waals surface area contributed by atoms with E-state index in [9.17, 15) is 0 Å². The summed E-state index contributed by atoms with van der Waals surface area (Å²) in [5.41, 5.74) is 5.68. The Hall–Kier alpha value is -1.73. The summed E-state index contributed by atoms with van der Waals surface area (Å²) in [6.07, 6.45) is 0. The lowest BCUT2D eigenvalue weighted by atomic mass is 10.3. The molecule has 0 bridgehead atoms. The van der Waals surface area contributed by atoms with Gasteiger partial charge in [-0.2, -0.15) is 26.7 Å². The molecule has 0 unspecified atom stereocenters. The lowest BCUT2D eigenvalue weighted by Gasteiger charge is -2.11. The Labute approximate surface area is 139 Å². The molecule has 0 radical (unpaired) electrons. The minimum absolute atomic E-state index is 0.242. The number of rotatable bonds is 7. The van der Waals surface area contributed by atoms with Crippen molar-refractivity contribution in [3.63, 3.8) is 0 Å². The fourth-order valence-corrected chi connectivity index (χ4v) is 2.39. The summed E-state index contributed by atoms with van der Waals surface area (Å²) in [5.74, 6) is 3.78. The molecule has 1 aromatic carbocycles. The summed E-state index contributed by atoms with van der Waals surface area (Å²) >= 11 is 7.50. The monoisotopic (exact) mass is 339 g/mol. The number of anilines is 2. The van der Waals surface area contributed by atoms with E-state index in [0.717, 1.165) is 11.5 Å². The third-order valence-corrected chi connectivity index (χ3v) is 3.80. The fraction of sp³-hybridized carbons (Fsp3) is 0.357. The van der Waals surface area contributed by atoms with E-state index in [4.69, 9.17) is 22.1 Å². The molecule has 1 heterocycles. The summed E-state index contributed by atoms with van der Waals surface area (Å²) in [6.45, 7) is 0.605. The zero-order chi connectivity index (χ0) is 15.9. The molecule has 22 heavy (non-hydrogen) atoms. The molecule has 0 fully saturated rings. The van der Waals surface area contributed by atoms with Crippen molar-refractivity contribution in [2.24, 2.45) is 0 Å². The van der Waals surface area contributed by atoms with Crippen LogP contribution < -0.4 is 15.4 Å². The fourth-order valence-electron chi connectivity index (χ4n) is 1.60. The predicted molar refractivity (Wildman–Crippen MR) is 91.7 cm³/mol. The summed E-state index contributed by atoms with van der Waals surface area (Å²) in [7, 11) is 3.73. The number of hydrogen-bond acceptors (Lipinski definition) is 7. The first-order chi connectivity index (χ1) is 10.5. The Morgan fingerprint density at radius 1 is 1.18 bits per heavy atom. The standard InChI is InChI=1S/C14H18ClN5OS/c1-20(2)14-18-12(17-13(16)19-14)9-22-8-7-21-11-5-3-10(15)4-6-11/h3-6H,7-9H2,1-2H3,(H2,16,17,18,19). The number of nitrogens with two attached hydrogens (primary N) is 1. The number of nitrogen functional groups attached to an aromatic ring is 1. The molecule has 0 aliphatic rings. The molecule has 0 aliphatic carbocycles. The lowest BCUT2D eigenvalue weighted by Crippen LogP contribution is -2.16. The first-order valence-electron chi connectivity index (χ1n) is 6.68. The first-order valence-corrected chi connectivity index (χ1v) is 8.22. The Morgan fingerprint density at radius 2 is 1.91 bits per heavy atom. The van der Waals surface area contributed by atoms with Crippen molar-refractivity contribution in [3.05, 3.63) is 35.1 Å². The minimum Gasteiger partial charge on any atom is -0.493 e. The van der Waals surface area contributed by atoms with E-state index in [1.165, 1.54) is 0 Å². The molecule has 2 N–H and O–H groups in total. The second-order valence-electron chi connectivity index (χ2n) is 4.66. The Balaban J connectivity index is 1.75. The van der Waals surface area contributed by atoms with Crippen LogP contribution in [-0.2, 0) is 5.75 Å². The zero-order valence-electron chi connectivity index (χ0n) is 12.5. The third kappa shape index (κ3) is 5.23. The maximum atomic E-state index is 5.82.